The number of thioether (sulfide) groups is 1. The Morgan fingerprint density at radius 1 is 1.17 bits per heavy atom. The van der Waals surface area contributed by atoms with Crippen LogP contribution in [0.5, 0.6) is 0 Å². The Labute approximate surface area is 142 Å². The molecule has 0 fully saturated rings. The fraction of sp³-hybridized carbons (Fsp3) is 0.0667. The first-order chi connectivity index (χ1) is 11.5. The quantitative estimate of drug-likeness (QED) is 0.705. The van der Waals surface area contributed by atoms with Crippen molar-refractivity contribution in [3.63, 3.8) is 0 Å². The van der Waals surface area contributed by atoms with Crippen molar-refractivity contribution in [3.05, 3.63) is 60.7 Å². The summed E-state index contributed by atoms with van der Waals surface area (Å²) in [6, 6.07) is 11.5. The van der Waals surface area contributed by atoms with Gasteiger partial charge in [-0.05, 0) is 48.7 Å². The van der Waals surface area contributed by atoms with Crippen LogP contribution in [0.1, 0.15) is 0 Å². The van der Waals surface area contributed by atoms with E-state index in [1.54, 1.807) is 29.1 Å². The molecule has 0 spiro atoms. The van der Waals surface area contributed by atoms with E-state index in [-0.39, 0.29) is 4.90 Å². The van der Waals surface area contributed by atoms with Crippen LogP contribution >= 0.6 is 11.8 Å². The maximum atomic E-state index is 13.0. The van der Waals surface area contributed by atoms with Crippen LogP contribution in [0.15, 0.2) is 64.9 Å². The van der Waals surface area contributed by atoms with E-state index in [9.17, 15) is 12.8 Å². The van der Waals surface area contributed by atoms with Crippen molar-refractivity contribution in [3.8, 4) is 5.69 Å². The molecular weight excluding hydrogens is 351 g/mol. The molecule has 0 saturated carbocycles. The molecule has 0 unspecified atom stereocenters. The van der Waals surface area contributed by atoms with Gasteiger partial charge in [0.15, 0.2) is 5.16 Å². The summed E-state index contributed by atoms with van der Waals surface area (Å²) < 4.78 is 41.9. The largest absolute Gasteiger partial charge is 0.280 e. The zero-order chi connectivity index (χ0) is 17.2. The van der Waals surface area contributed by atoms with Gasteiger partial charge in [-0.25, -0.2) is 12.8 Å². The highest BCUT2D eigenvalue weighted by Gasteiger charge is 2.15. The lowest BCUT2D eigenvalue weighted by atomic mass is 10.3. The molecule has 0 aliphatic carbocycles. The average molecular weight is 364 g/mol. The van der Waals surface area contributed by atoms with E-state index in [0.29, 0.717) is 10.8 Å². The summed E-state index contributed by atoms with van der Waals surface area (Å²) in [6.07, 6.45) is 3.43. The molecule has 0 bridgehead atoms. The van der Waals surface area contributed by atoms with E-state index in [2.05, 4.69) is 14.9 Å². The first kappa shape index (κ1) is 16.5. The Hall–Kier alpha value is -2.39. The van der Waals surface area contributed by atoms with Crippen molar-refractivity contribution in [2.75, 3.05) is 11.0 Å². The third-order valence-electron chi connectivity index (χ3n) is 3.20. The van der Waals surface area contributed by atoms with Gasteiger partial charge >= 0.3 is 0 Å². The van der Waals surface area contributed by atoms with Crippen molar-refractivity contribution < 1.29 is 12.8 Å². The molecule has 24 heavy (non-hydrogen) atoms. The summed E-state index contributed by atoms with van der Waals surface area (Å²) >= 11 is 1.43. The number of hydrogen-bond acceptors (Lipinski definition) is 5. The van der Waals surface area contributed by atoms with Gasteiger partial charge in [-0.3, -0.25) is 9.29 Å². The fourth-order valence-corrected chi connectivity index (χ4v) is 3.62. The second-order valence-corrected chi connectivity index (χ2v) is 7.25. The van der Waals surface area contributed by atoms with E-state index in [1.165, 1.54) is 23.9 Å². The molecule has 0 saturated heterocycles. The molecule has 1 heterocycles. The van der Waals surface area contributed by atoms with Gasteiger partial charge in [0.25, 0.3) is 10.0 Å². The summed E-state index contributed by atoms with van der Waals surface area (Å²) in [5.74, 6) is -0.492. The molecule has 0 amide bonds. The number of nitrogens with one attached hydrogen (secondary N) is 1. The van der Waals surface area contributed by atoms with E-state index in [0.717, 1.165) is 17.8 Å². The molecule has 0 radical (unpaired) electrons. The number of halogens is 1. The van der Waals surface area contributed by atoms with Crippen LogP contribution in [-0.2, 0) is 10.0 Å². The summed E-state index contributed by atoms with van der Waals surface area (Å²) in [5.41, 5.74) is 1.11. The minimum atomic E-state index is -3.79. The first-order valence-electron chi connectivity index (χ1n) is 6.82. The van der Waals surface area contributed by atoms with Crippen LogP contribution in [0.25, 0.3) is 5.69 Å². The van der Waals surface area contributed by atoms with Crippen molar-refractivity contribution in [2.24, 2.45) is 0 Å². The summed E-state index contributed by atoms with van der Waals surface area (Å²) in [4.78, 5) is -0.0107. The van der Waals surface area contributed by atoms with Crippen LogP contribution in [0, 0.1) is 5.82 Å². The number of anilines is 1. The second kappa shape index (κ2) is 6.62. The van der Waals surface area contributed by atoms with Gasteiger partial charge in [-0.2, -0.15) is 0 Å². The third kappa shape index (κ3) is 3.41. The van der Waals surface area contributed by atoms with Gasteiger partial charge < -0.3 is 0 Å². The number of hydrogen-bond donors (Lipinski definition) is 1. The highest BCUT2D eigenvalue weighted by molar-refractivity contribution is 7.98. The molecule has 2 aromatic carbocycles. The van der Waals surface area contributed by atoms with E-state index < -0.39 is 15.8 Å². The zero-order valence-corrected chi connectivity index (χ0v) is 14.2. The molecule has 1 N–H and O–H groups in total. The average Bonchev–Trinajstić information content (AvgIpc) is 3.04. The third-order valence-corrected chi connectivity index (χ3v) is 5.24. The molecule has 3 aromatic rings. The molecule has 9 heteroatoms. The monoisotopic (exact) mass is 364 g/mol. The number of benzene rings is 2. The fourth-order valence-electron chi connectivity index (χ4n) is 2.09. The van der Waals surface area contributed by atoms with E-state index >= 15 is 0 Å². The van der Waals surface area contributed by atoms with Crippen LogP contribution in [0.3, 0.4) is 0 Å². The number of nitrogens with zero attached hydrogens (tertiary/aromatic N) is 3. The summed E-state index contributed by atoms with van der Waals surface area (Å²) in [7, 11) is -3.79. The van der Waals surface area contributed by atoms with E-state index in [4.69, 9.17) is 0 Å². The Morgan fingerprint density at radius 2 is 1.92 bits per heavy atom. The predicted octanol–water partition coefficient (Wildman–Crippen LogP) is 2.93. The van der Waals surface area contributed by atoms with Gasteiger partial charge in [-0.15, -0.1) is 10.2 Å². The SMILES string of the molecule is CSc1nncn1-c1cccc(NS(=O)(=O)c2ccc(F)cc2)c1. The van der Waals surface area contributed by atoms with Crippen LogP contribution < -0.4 is 4.72 Å². The van der Waals surface area contributed by atoms with Crippen LogP contribution in [0.4, 0.5) is 10.1 Å². The lowest BCUT2D eigenvalue weighted by Gasteiger charge is -2.10. The topological polar surface area (TPSA) is 76.9 Å². The van der Waals surface area contributed by atoms with E-state index in [1.807, 2.05) is 12.3 Å². The predicted molar refractivity (Wildman–Crippen MR) is 90.3 cm³/mol. The molecule has 3 rings (SSSR count). The number of sulfonamides is 1. The minimum Gasteiger partial charge on any atom is -0.280 e. The van der Waals surface area contributed by atoms with Crippen molar-refractivity contribution >= 4 is 27.5 Å². The molecular formula is C15H13FN4O2S2. The smallest absolute Gasteiger partial charge is 0.261 e. The maximum Gasteiger partial charge on any atom is 0.261 e. The van der Waals surface area contributed by atoms with Crippen molar-refractivity contribution in [1.29, 1.82) is 0 Å². The lowest BCUT2D eigenvalue weighted by molar-refractivity contribution is 0.599. The Kier molecular flexibility index (Phi) is 4.54. The van der Waals surface area contributed by atoms with Gasteiger partial charge in [0.2, 0.25) is 0 Å². The molecule has 1 aromatic heterocycles. The highest BCUT2D eigenvalue weighted by Crippen LogP contribution is 2.22. The first-order valence-corrected chi connectivity index (χ1v) is 9.53. The lowest BCUT2D eigenvalue weighted by Crippen LogP contribution is -2.13. The van der Waals surface area contributed by atoms with Crippen molar-refractivity contribution in [1.82, 2.24) is 14.8 Å². The highest BCUT2D eigenvalue weighted by atomic mass is 32.2. The maximum absolute atomic E-state index is 13.0. The van der Waals surface area contributed by atoms with Gasteiger partial charge in [0, 0.05) is 0 Å². The number of aromatic nitrogens is 3. The zero-order valence-electron chi connectivity index (χ0n) is 12.5. The normalized spacial score (nSPS) is 11.4. The van der Waals surface area contributed by atoms with Crippen LogP contribution in [-0.4, -0.2) is 29.4 Å². The number of rotatable bonds is 5. The Bertz CT molecular complexity index is 956. The minimum absolute atomic E-state index is 0.0107. The summed E-state index contributed by atoms with van der Waals surface area (Å²) in [6.45, 7) is 0. The van der Waals surface area contributed by atoms with Gasteiger partial charge in [-0.1, -0.05) is 17.8 Å². The van der Waals surface area contributed by atoms with Crippen molar-refractivity contribution in [2.45, 2.75) is 10.1 Å². The van der Waals surface area contributed by atoms with Crippen LogP contribution in [0.2, 0.25) is 0 Å². The summed E-state index contributed by atoms with van der Waals surface area (Å²) in [5, 5.41) is 8.51. The Balaban J connectivity index is 1.91. The molecule has 0 aliphatic heterocycles. The Morgan fingerprint density at radius 3 is 2.62 bits per heavy atom. The molecule has 6 nitrogen and oxygen atoms in total. The van der Waals surface area contributed by atoms with Gasteiger partial charge in [0.1, 0.15) is 12.1 Å². The van der Waals surface area contributed by atoms with Gasteiger partial charge in [0.05, 0.1) is 16.3 Å². The molecule has 0 atom stereocenters. The molecule has 124 valence electrons. The second-order valence-electron chi connectivity index (χ2n) is 4.80. The standard InChI is InChI=1S/C15H13FN4O2S2/c1-23-15-18-17-10-20(15)13-4-2-3-12(9-13)19-24(21,22)14-7-5-11(16)6-8-14/h2-10,19H,1H3. The molecule has 0 aliphatic rings.